The van der Waals surface area contributed by atoms with Crippen LogP contribution in [-0.4, -0.2) is 32.4 Å². The highest BCUT2D eigenvalue weighted by Crippen LogP contribution is 2.13. The molecule has 0 bridgehead atoms. The van der Waals surface area contributed by atoms with Crippen LogP contribution in [-0.2, 0) is 21.2 Å². The van der Waals surface area contributed by atoms with Gasteiger partial charge >= 0.3 is 6.09 Å². The lowest BCUT2D eigenvalue weighted by atomic mass is 10.1. The Labute approximate surface area is 157 Å². The van der Waals surface area contributed by atoms with Crippen molar-refractivity contribution in [2.45, 2.75) is 64.5 Å². The van der Waals surface area contributed by atoms with Crippen LogP contribution in [0, 0.1) is 0 Å². The molecule has 0 fully saturated rings. The summed E-state index contributed by atoms with van der Waals surface area (Å²) in [5.74, 6) is 0. The summed E-state index contributed by atoms with van der Waals surface area (Å²) in [5.41, 5.74) is 1.96. The molecule has 148 valence electrons. The second-order valence-electron chi connectivity index (χ2n) is 7.28. The van der Waals surface area contributed by atoms with Gasteiger partial charge < -0.3 is 4.74 Å². The molecule has 1 amide bonds. The molecule has 0 spiro atoms. The van der Waals surface area contributed by atoms with Crippen molar-refractivity contribution < 1.29 is 17.9 Å². The first-order valence-corrected chi connectivity index (χ1v) is 10.7. The van der Waals surface area contributed by atoms with E-state index in [9.17, 15) is 13.2 Å². The zero-order valence-corrected chi connectivity index (χ0v) is 17.1. The Hall–Kier alpha value is -1.60. The second-order valence-corrected chi connectivity index (χ2v) is 9.80. The van der Waals surface area contributed by atoms with Gasteiger partial charge in [-0.1, -0.05) is 25.5 Å². The summed E-state index contributed by atoms with van der Waals surface area (Å²) in [7, 11) is -3.32. The lowest BCUT2D eigenvalue weighted by molar-refractivity contribution is 0.159. The molecule has 1 aromatic carbocycles. The van der Waals surface area contributed by atoms with Crippen molar-refractivity contribution in [1.82, 2.24) is 4.72 Å². The Morgan fingerprint density at radius 2 is 1.73 bits per heavy atom. The van der Waals surface area contributed by atoms with Gasteiger partial charge in [-0.2, -0.15) is 0 Å². The van der Waals surface area contributed by atoms with Crippen molar-refractivity contribution in [3.63, 3.8) is 0 Å². The number of nitrogens with one attached hydrogen (secondary N) is 2. The molecule has 0 saturated heterocycles. The SMILES string of the molecule is CCCCc1ccc(NC(=O)OCCCCNS(=O)(=O)C(C)(C)C)cc1. The van der Waals surface area contributed by atoms with E-state index in [1.165, 1.54) is 5.56 Å². The smallest absolute Gasteiger partial charge is 0.411 e. The summed E-state index contributed by atoms with van der Waals surface area (Å²) < 4.78 is 30.6. The molecule has 0 aliphatic carbocycles. The summed E-state index contributed by atoms with van der Waals surface area (Å²) in [6.07, 6.45) is 4.05. The first-order valence-electron chi connectivity index (χ1n) is 9.17. The molecular weight excluding hydrogens is 352 g/mol. The van der Waals surface area contributed by atoms with Crippen molar-refractivity contribution in [3.05, 3.63) is 29.8 Å². The molecule has 26 heavy (non-hydrogen) atoms. The lowest BCUT2D eigenvalue weighted by Gasteiger charge is -2.19. The van der Waals surface area contributed by atoms with Crippen molar-refractivity contribution in [2.24, 2.45) is 0 Å². The fraction of sp³-hybridized carbons (Fsp3) is 0.632. The largest absolute Gasteiger partial charge is 0.449 e. The van der Waals surface area contributed by atoms with E-state index >= 15 is 0 Å². The molecule has 1 rings (SSSR count). The van der Waals surface area contributed by atoms with E-state index in [2.05, 4.69) is 17.0 Å². The highest BCUT2D eigenvalue weighted by atomic mass is 32.2. The minimum atomic E-state index is -3.32. The average Bonchev–Trinajstić information content (AvgIpc) is 2.56. The van der Waals surface area contributed by atoms with E-state index in [-0.39, 0.29) is 6.61 Å². The number of carbonyl (C=O) groups excluding carboxylic acids is 1. The summed E-state index contributed by atoms with van der Waals surface area (Å²) in [4.78, 5) is 11.7. The van der Waals surface area contributed by atoms with E-state index in [1.54, 1.807) is 20.8 Å². The fourth-order valence-corrected chi connectivity index (χ4v) is 2.95. The molecule has 1 aromatic rings. The van der Waals surface area contributed by atoms with Crippen molar-refractivity contribution in [1.29, 1.82) is 0 Å². The molecule has 0 aliphatic rings. The van der Waals surface area contributed by atoms with Crippen molar-refractivity contribution in [2.75, 3.05) is 18.5 Å². The molecular formula is C19H32N2O4S. The van der Waals surface area contributed by atoms with Gasteiger partial charge in [0.25, 0.3) is 0 Å². The number of sulfonamides is 1. The number of hydrogen-bond donors (Lipinski definition) is 2. The molecule has 0 saturated carbocycles. The summed E-state index contributed by atoms with van der Waals surface area (Å²) in [6, 6.07) is 7.75. The molecule has 0 atom stereocenters. The number of ether oxygens (including phenoxy) is 1. The van der Waals surface area contributed by atoms with E-state index in [0.717, 1.165) is 19.3 Å². The Morgan fingerprint density at radius 1 is 1.08 bits per heavy atom. The number of benzene rings is 1. The maximum Gasteiger partial charge on any atom is 0.411 e. The number of amides is 1. The molecule has 0 heterocycles. The maximum absolute atomic E-state index is 11.9. The van der Waals surface area contributed by atoms with Gasteiger partial charge in [0, 0.05) is 12.2 Å². The number of hydrogen-bond acceptors (Lipinski definition) is 4. The molecule has 0 unspecified atom stereocenters. The Morgan fingerprint density at radius 3 is 2.31 bits per heavy atom. The van der Waals surface area contributed by atoms with Crippen molar-refractivity contribution >= 4 is 21.8 Å². The zero-order chi connectivity index (χ0) is 19.6. The van der Waals surface area contributed by atoms with Gasteiger partial charge in [-0.05, 0) is 64.2 Å². The van der Waals surface area contributed by atoms with E-state index in [0.29, 0.717) is 25.1 Å². The average molecular weight is 385 g/mol. The van der Waals surface area contributed by atoms with E-state index in [4.69, 9.17) is 4.74 Å². The first-order chi connectivity index (χ1) is 12.2. The first kappa shape index (κ1) is 22.4. The molecule has 6 nitrogen and oxygen atoms in total. The van der Waals surface area contributed by atoms with Gasteiger partial charge in [0.2, 0.25) is 10.0 Å². The predicted octanol–water partition coefficient (Wildman–Crippen LogP) is 4.08. The van der Waals surface area contributed by atoms with Crippen LogP contribution in [0.2, 0.25) is 0 Å². The minimum Gasteiger partial charge on any atom is -0.449 e. The zero-order valence-electron chi connectivity index (χ0n) is 16.3. The monoisotopic (exact) mass is 384 g/mol. The number of anilines is 1. The van der Waals surface area contributed by atoms with Crippen LogP contribution in [0.25, 0.3) is 0 Å². The summed E-state index contributed by atoms with van der Waals surface area (Å²) in [5, 5.41) is 2.69. The fourth-order valence-electron chi connectivity index (χ4n) is 2.10. The standard InChI is InChI=1S/C19H32N2O4S/c1-5-6-9-16-10-12-17(13-11-16)21-18(22)25-15-8-7-14-20-26(23,24)19(2,3)4/h10-13,20H,5-9,14-15H2,1-4H3,(H,21,22). The van der Waals surface area contributed by atoms with Crippen LogP contribution in [0.3, 0.4) is 0 Å². The quantitative estimate of drug-likeness (QED) is 0.595. The third-order valence-electron chi connectivity index (χ3n) is 3.92. The maximum atomic E-state index is 11.9. The molecule has 0 aliphatic heterocycles. The molecule has 0 radical (unpaired) electrons. The Bertz CT molecular complexity index is 649. The number of carbonyl (C=O) groups is 1. The number of rotatable bonds is 10. The van der Waals surface area contributed by atoms with Gasteiger partial charge in [0.1, 0.15) is 0 Å². The Balaban J connectivity index is 2.21. The predicted molar refractivity (Wildman–Crippen MR) is 106 cm³/mol. The molecule has 2 N–H and O–H groups in total. The topological polar surface area (TPSA) is 84.5 Å². The Kier molecular flexibility index (Phi) is 9.08. The van der Waals surface area contributed by atoms with Crippen LogP contribution in [0.1, 0.15) is 58.9 Å². The highest BCUT2D eigenvalue weighted by molar-refractivity contribution is 7.90. The van der Waals surface area contributed by atoms with Gasteiger partial charge in [0.05, 0.1) is 11.4 Å². The van der Waals surface area contributed by atoms with Crippen molar-refractivity contribution in [3.8, 4) is 0 Å². The van der Waals surface area contributed by atoms with Gasteiger partial charge in [-0.25, -0.2) is 17.9 Å². The third kappa shape index (κ3) is 8.19. The van der Waals surface area contributed by atoms with Gasteiger partial charge in [0.15, 0.2) is 0 Å². The minimum absolute atomic E-state index is 0.248. The van der Waals surface area contributed by atoms with Crippen LogP contribution < -0.4 is 10.0 Å². The van der Waals surface area contributed by atoms with E-state index < -0.39 is 20.9 Å². The third-order valence-corrected chi connectivity index (χ3v) is 6.12. The molecule has 0 aromatic heterocycles. The van der Waals surface area contributed by atoms with Crippen LogP contribution in [0.15, 0.2) is 24.3 Å². The number of aryl methyl sites for hydroxylation is 1. The highest BCUT2D eigenvalue weighted by Gasteiger charge is 2.27. The second kappa shape index (κ2) is 10.5. The summed E-state index contributed by atoms with van der Waals surface area (Å²) >= 11 is 0. The van der Waals surface area contributed by atoms with Crippen LogP contribution in [0.5, 0.6) is 0 Å². The normalized spacial score (nSPS) is 12.0. The van der Waals surface area contributed by atoms with E-state index in [1.807, 2.05) is 24.3 Å². The number of unbranched alkanes of at least 4 members (excludes halogenated alkanes) is 2. The van der Waals surface area contributed by atoms with Crippen LogP contribution >= 0.6 is 0 Å². The van der Waals surface area contributed by atoms with Gasteiger partial charge in [-0.3, -0.25) is 5.32 Å². The van der Waals surface area contributed by atoms with Gasteiger partial charge in [-0.15, -0.1) is 0 Å². The summed E-state index contributed by atoms with van der Waals surface area (Å²) in [6.45, 7) is 7.70. The lowest BCUT2D eigenvalue weighted by Crippen LogP contribution is -2.39. The molecule has 7 heteroatoms. The van der Waals surface area contributed by atoms with Crippen LogP contribution in [0.4, 0.5) is 10.5 Å².